The third-order valence-electron chi connectivity index (χ3n) is 1.65. The third kappa shape index (κ3) is 2.91. The van der Waals surface area contributed by atoms with Crippen LogP contribution in [0.4, 0.5) is 0 Å². The maximum Gasteiger partial charge on any atom is 0.109 e. The fourth-order valence-electron chi connectivity index (χ4n) is 0.948. The minimum absolute atomic E-state index is 0.396. The molecule has 0 aliphatic heterocycles. The monoisotopic (exact) mass is 184 g/mol. The van der Waals surface area contributed by atoms with Gasteiger partial charge in [0.2, 0.25) is 0 Å². The molecule has 12 heavy (non-hydrogen) atoms. The van der Waals surface area contributed by atoms with Gasteiger partial charge >= 0.3 is 0 Å². The first-order chi connectivity index (χ1) is 5.70. The lowest BCUT2D eigenvalue weighted by Crippen LogP contribution is -2.23. The highest BCUT2D eigenvalue weighted by atomic mass is 32.1. The van der Waals surface area contributed by atoms with Crippen LogP contribution < -0.4 is 5.32 Å². The van der Waals surface area contributed by atoms with Crippen LogP contribution in [0.3, 0.4) is 0 Å². The average Bonchev–Trinajstić information content (AvgIpc) is 2.51. The van der Waals surface area contributed by atoms with Gasteiger partial charge in [0.05, 0.1) is 6.04 Å². The summed E-state index contributed by atoms with van der Waals surface area (Å²) in [6.45, 7) is 7.63. The van der Waals surface area contributed by atoms with Crippen LogP contribution in [0.5, 0.6) is 0 Å². The first-order valence-electron chi connectivity index (χ1n) is 4.33. The summed E-state index contributed by atoms with van der Waals surface area (Å²) >= 11 is 1.71. The van der Waals surface area contributed by atoms with E-state index in [9.17, 15) is 0 Å². The molecule has 0 saturated heterocycles. The number of hydrogen-bond acceptors (Lipinski definition) is 3. The van der Waals surface area contributed by atoms with Crippen molar-refractivity contribution in [3.63, 3.8) is 0 Å². The summed E-state index contributed by atoms with van der Waals surface area (Å²) in [5.41, 5.74) is 0. The molecule has 1 heterocycles. The highest BCUT2D eigenvalue weighted by molar-refractivity contribution is 7.09. The molecule has 0 fully saturated rings. The first-order valence-corrected chi connectivity index (χ1v) is 5.21. The van der Waals surface area contributed by atoms with Gasteiger partial charge in [-0.1, -0.05) is 13.8 Å². The Bertz CT molecular complexity index is 206. The Morgan fingerprint density at radius 2 is 2.25 bits per heavy atom. The minimum Gasteiger partial charge on any atom is -0.308 e. The highest BCUT2D eigenvalue weighted by Gasteiger charge is 2.06. The van der Waals surface area contributed by atoms with E-state index in [1.807, 2.05) is 11.6 Å². The summed E-state index contributed by atoms with van der Waals surface area (Å²) in [6.07, 6.45) is 1.85. The fraction of sp³-hybridized carbons (Fsp3) is 0.667. The van der Waals surface area contributed by atoms with Crippen molar-refractivity contribution < 1.29 is 0 Å². The predicted molar refractivity (Wildman–Crippen MR) is 53.4 cm³/mol. The summed E-state index contributed by atoms with van der Waals surface area (Å²) in [6, 6.07) is 0.396. The standard InChI is InChI=1S/C9H16N2S/c1-7(2)6-11-8(3)9-10-4-5-12-9/h4-5,7-8,11H,6H2,1-3H3/t8-/m0/s1. The van der Waals surface area contributed by atoms with Crippen LogP contribution >= 0.6 is 11.3 Å². The molecule has 0 saturated carbocycles. The molecule has 0 radical (unpaired) electrons. The lowest BCUT2D eigenvalue weighted by molar-refractivity contribution is 0.495. The molecule has 0 aliphatic rings. The van der Waals surface area contributed by atoms with Crippen LogP contribution in [0.2, 0.25) is 0 Å². The SMILES string of the molecule is CC(C)CN[C@@H](C)c1nccs1. The van der Waals surface area contributed by atoms with Crippen molar-refractivity contribution in [1.29, 1.82) is 0 Å². The van der Waals surface area contributed by atoms with Crippen molar-refractivity contribution in [2.75, 3.05) is 6.54 Å². The molecule has 0 aliphatic carbocycles. The van der Waals surface area contributed by atoms with Crippen LogP contribution in [0.25, 0.3) is 0 Å². The van der Waals surface area contributed by atoms with Gasteiger partial charge in [-0.25, -0.2) is 4.98 Å². The molecule has 0 aromatic carbocycles. The van der Waals surface area contributed by atoms with E-state index in [0.29, 0.717) is 12.0 Å². The van der Waals surface area contributed by atoms with Gasteiger partial charge in [0.25, 0.3) is 0 Å². The molecule has 68 valence electrons. The van der Waals surface area contributed by atoms with Crippen LogP contribution in [0.1, 0.15) is 31.8 Å². The second-order valence-corrected chi connectivity index (χ2v) is 4.32. The molecule has 1 rings (SSSR count). The maximum atomic E-state index is 4.25. The van der Waals surface area contributed by atoms with Gasteiger partial charge in [-0.3, -0.25) is 0 Å². The smallest absolute Gasteiger partial charge is 0.109 e. The molecule has 0 amide bonds. The van der Waals surface area contributed by atoms with E-state index in [1.54, 1.807) is 11.3 Å². The van der Waals surface area contributed by atoms with E-state index < -0.39 is 0 Å². The zero-order valence-electron chi connectivity index (χ0n) is 7.87. The number of thiazole rings is 1. The number of hydrogen-bond donors (Lipinski definition) is 1. The summed E-state index contributed by atoms with van der Waals surface area (Å²) in [4.78, 5) is 4.25. The van der Waals surface area contributed by atoms with Crippen molar-refractivity contribution in [3.8, 4) is 0 Å². The lowest BCUT2D eigenvalue weighted by atomic mass is 10.2. The minimum atomic E-state index is 0.396. The van der Waals surface area contributed by atoms with Gasteiger partial charge in [-0.2, -0.15) is 0 Å². The van der Waals surface area contributed by atoms with Gasteiger partial charge in [0.15, 0.2) is 0 Å². The molecule has 0 unspecified atom stereocenters. The van der Waals surface area contributed by atoms with E-state index >= 15 is 0 Å². The summed E-state index contributed by atoms with van der Waals surface area (Å²) < 4.78 is 0. The molecule has 1 atom stereocenters. The Hall–Kier alpha value is -0.410. The number of rotatable bonds is 4. The van der Waals surface area contributed by atoms with Crippen LogP contribution in [-0.2, 0) is 0 Å². The molecule has 0 spiro atoms. The zero-order valence-corrected chi connectivity index (χ0v) is 8.69. The highest BCUT2D eigenvalue weighted by Crippen LogP contribution is 2.14. The predicted octanol–water partition coefficient (Wildman–Crippen LogP) is 2.45. The Labute approximate surface area is 78.0 Å². The molecule has 3 heteroatoms. The molecule has 1 aromatic heterocycles. The summed E-state index contributed by atoms with van der Waals surface area (Å²) in [5.74, 6) is 0.701. The van der Waals surface area contributed by atoms with Gasteiger partial charge in [-0.15, -0.1) is 11.3 Å². The first kappa shape index (κ1) is 9.68. The topological polar surface area (TPSA) is 24.9 Å². The maximum absolute atomic E-state index is 4.25. The Morgan fingerprint density at radius 3 is 2.75 bits per heavy atom. The van der Waals surface area contributed by atoms with Gasteiger partial charge in [-0.05, 0) is 19.4 Å². The van der Waals surface area contributed by atoms with E-state index in [0.717, 1.165) is 6.54 Å². The van der Waals surface area contributed by atoms with Crippen LogP contribution in [0, 0.1) is 5.92 Å². The van der Waals surface area contributed by atoms with Crippen molar-refractivity contribution in [2.24, 2.45) is 5.92 Å². The Kier molecular flexibility index (Phi) is 3.69. The largest absolute Gasteiger partial charge is 0.308 e. The summed E-state index contributed by atoms with van der Waals surface area (Å²) in [5, 5.41) is 6.63. The van der Waals surface area contributed by atoms with Gasteiger partial charge in [0, 0.05) is 11.6 Å². The van der Waals surface area contributed by atoms with Gasteiger partial charge < -0.3 is 5.32 Å². The van der Waals surface area contributed by atoms with Crippen LogP contribution in [-0.4, -0.2) is 11.5 Å². The number of nitrogens with one attached hydrogen (secondary N) is 1. The Balaban J connectivity index is 2.34. The quantitative estimate of drug-likeness (QED) is 0.777. The van der Waals surface area contributed by atoms with E-state index in [-0.39, 0.29) is 0 Å². The molecular weight excluding hydrogens is 168 g/mol. The van der Waals surface area contributed by atoms with E-state index in [1.165, 1.54) is 5.01 Å². The zero-order chi connectivity index (χ0) is 8.97. The van der Waals surface area contributed by atoms with E-state index in [2.05, 4.69) is 31.1 Å². The second-order valence-electron chi connectivity index (χ2n) is 3.39. The number of aromatic nitrogens is 1. The Morgan fingerprint density at radius 1 is 1.50 bits per heavy atom. The van der Waals surface area contributed by atoms with Gasteiger partial charge in [0.1, 0.15) is 5.01 Å². The average molecular weight is 184 g/mol. The van der Waals surface area contributed by atoms with Crippen molar-refractivity contribution in [1.82, 2.24) is 10.3 Å². The second kappa shape index (κ2) is 4.58. The molecule has 2 nitrogen and oxygen atoms in total. The molecule has 1 aromatic rings. The lowest BCUT2D eigenvalue weighted by Gasteiger charge is -2.12. The van der Waals surface area contributed by atoms with Crippen LogP contribution in [0.15, 0.2) is 11.6 Å². The van der Waals surface area contributed by atoms with Crippen molar-refractivity contribution in [3.05, 3.63) is 16.6 Å². The molecular formula is C9H16N2S. The van der Waals surface area contributed by atoms with Crippen molar-refractivity contribution in [2.45, 2.75) is 26.8 Å². The molecule has 0 bridgehead atoms. The number of nitrogens with zero attached hydrogens (tertiary/aromatic N) is 1. The van der Waals surface area contributed by atoms with Crippen molar-refractivity contribution >= 4 is 11.3 Å². The van der Waals surface area contributed by atoms with E-state index in [4.69, 9.17) is 0 Å². The molecule has 1 N–H and O–H groups in total. The summed E-state index contributed by atoms with van der Waals surface area (Å²) in [7, 11) is 0. The third-order valence-corrected chi connectivity index (χ3v) is 2.61. The fourth-order valence-corrected chi connectivity index (χ4v) is 1.62. The normalized spacial score (nSPS) is 13.7.